The summed E-state index contributed by atoms with van der Waals surface area (Å²) in [7, 11) is 0. The fraction of sp³-hybridized carbons (Fsp3) is 0.182. The van der Waals surface area contributed by atoms with Crippen LogP contribution in [0.3, 0.4) is 0 Å². The van der Waals surface area contributed by atoms with Crippen molar-refractivity contribution in [3.63, 3.8) is 0 Å². The highest BCUT2D eigenvalue weighted by atomic mass is 16.5. The minimum Gasteiger partial charge on any atom is -0.493 e. The van der Waals surface area contributed by atoms with Gasteiger partial charge in [0.15, 0.2) is 11.2 Å². The number of nitrogens with zero attached hydrogens (tertiary/aromatic N) is 2. The molecule has 0 fully saturated rings. The number of rotatable bonds is 7. The van der Waals surface area contributed by atoms with Crippen LogP contribution >= 0.6 is 0 Å². The van der Waals surface area contributed by atoms with E-state index in [1.807, 2.05) is 49.4 Å². The molecule has 0 saturated carbocycles. The number of ether oxygens (including phenoxy) is 1. The molecule has 0 spiro atoms. The summed E-state index contributed by atoms with van der Waals surface area (Å²) >= 11 is 0. The lowest BCUT2D eigenvalue weighted by atomic mass is 9.99. The molecule has 2 aromatic carbocycles. The number of aliphatic carboxylic acids is 1. The molecule has 2 heterocycles. The van der Waals surface area contributed by atoms with Crippen LogP contribution in [0, 0.1) is 0 Å². The molecule has 4 aromatic rings. The first-order valence-electron chi connectivity index (χ1n) is 9.57. The maximum atomic E-state index is 12.3. The Hall–Kier alpha value is -3.94. The summed E-state index contributed by atoms with van der Waals surface area (Å²) in [5, 5.41) is 8.91. The molecule has 30 heavy (non-hydrogen) atoms. The summed E-state index contributed by atoms with van der Waals surface area (Å²) in [4.78, 5) is 37.2. The number of hydrogen-bond acceptors (Lipinski definition) is 5. The van der Waals surface area contributed by atoms with E-state index in [4.69, 9.17) is 9.84 Å². The van der Waals surface area contributed by atoms with E-state index >= 15 is 0 Å². The van der Waals surface area contributed by atoms with Gasteiger partial charge in [-0.1, -0.05) is 30.3 Å². The molecule has 0 unspecified atom stereocenters. The molecule has 0 aliphatic heterocycles. The first-order valence-corrected chi connectivity index (χ1v) is 9.57. The smallest absolute Gasteiger partial charge is 0.303 e. The Morgan fingerprint density at radius 2 is 2.00 bits per heavy atom. The highest BCUT2D eigenvalue weighted by molar-refractivity contribution is 5.77. The monoisotopic (exact) mass is 404 g/mol. The molecule has 2 aromatic heterocycles. The molecule has 0 saturated heterocycles. The maximum absolute atomic E-state index is 12.3. The van der Waals surface area contributed by atoms with Crippen LogP contribution in [0.2, 0.25) is 0 Å². The van der Waals surface area contributed by atoms with E-state index in [0.29, 0.717) is 35.8 Å². The molecule has 0 bridgehead atoms. The van der Waals surface area contributed by atoms with Crippen molar-refractivity contribution >= 4 is 17.1 Å². The fourth-order valence-electron chi connectivity index (χ4n) is 3.30. The molecule has 4 rings (SSSR count). The SMILES string of the molecule is CCOc1cc(-c2cccc(CCC(=O)O)c2)ccc1-c1nc2[nH]cnc2c(=O)[nH]1. The Morgan fingerprint density at radius 1 is 1.17 bits per heavy atom. The lowest BCUT2D eigenvalue weighted by Gasteiger charge is -2.12. The number of hydrogen-bond donors (Lipinski definition) is 3. The Labute approximate surface area is 171 Å². The second-order valence-electron chi connectivity index (χ2n) is 6.75. The van der Waals surface area contributed by atoms with E-state index < -0.39 is 5.97 Å². The van der Waals surface area contributed by atoms with E-state index in [2.05, 4.69) is 19.9 Å². The lowest BCUT2D eigenvalue weighted by molar-refractivity contribution is -0.136. The molecule has 8 heteroatoms. The molecule has 0 aliphatic carbocycles. The van der Waals surface area contributed by atoms with E-state index in [9.17, 15) is 9.59 Å². The van der Waals surface area contributed by atoms with E-state index in [0.717, 1.165) is 16.7 Å². The van der Waals surface area contributed by atoms with Gasteiger partial charge in [-0.2, -0.15) is 0 Å². The van der Waals surface area contributed by atoms with Crippen LogP contribution in [0.4, 0.5) is 0 Å². The van der Waals surface area contributed by atoms with Gasteiger partial charge in [-0.05, 0) is 42.2 Å². The molecule has 8 nitrogen and oxygen atoms in total. The van der Waals surface area contributed by atoms with Crippen LogP contribution < -0.4 is 10.3 Å². The Kier molecular flexibility index (Phi) is 5.30. The molecule has 152 valence electrons. The van der Waals surface area contributed by atoms with Crippen LogP contribution in [-0.2, 0) is 11.2 Å². The molecule has 0 radical (unpaired) electrons. The zero-order valence-corrected chi connectivity index (χ0v) is 16.3. The topological polar surface area (TPSA) is 121 Å². The first-order chi connectivity index (χ1) is 14.5. The van der Waals surface area contributed by atoms with Gasteiger partial charge < -0.3 is 19.8 Å². The van der Waals surface area contributed by atoms with Crippen molar-refractivity contribution in [2.75, 3.05) is 6.61 Å². The van der Waals surface area contributed by atoms with Crippen molar-refractivity contribution in [2.45, 2.75) is 19.8 Å². The van der Waals surface area contributed by atoms with Crippen molar-refractivity contribution in [3.8, 4) is 28.3 Å². The standard InChI is InChI=1S/C22H20N4O4/c1-2-30-17-11-15(14-5-3-4-13(10-14)6-9-18(27)28)7-8-16(17)20-25-21-19(22(29)26-20)23-12-24-21/h3-5,7-8,10-12H,2,6,9H2,1H3,(H,27,28)(H2,23,24,25,26,29). The third-order valence-corrected chi connectivity index (χ3v) is 4.71. The average molecular weight is 404 g/mol. The Morgan fingerprint density at radius 3 is 2.80 bits per heavy atom. The highest BCUT2D eigenvalue weighted by Crippen LogP contribution is 2.33. The van der Waals surface area contributed by atoms with Crippen LogP contribution in [0.1, 0.15) is 18.9 Å². The first kappa shape index (κ1) is 19.4. The normalized spacial score (nSPS) is 11.0. The Balaban J connectivity index is 1.74. The summed E-state index contributed by atoms with van der Waals surface area (Å²) in [5.41, 5.74) is 3.83. The molecule has 0 atom stereocenters. The zero-order valence-electron chi connectivity index (χ0n) is 16.3. The highest BCUT2D eigenvalue weighted by Gasteiger charge is 2.14. The van der Waals surface area contributed by atoms with Crippen LogP contribution in [-0.4, -0.2) is 37.6 Å². The number of carboxylic acid groups (broad SMARTS) is 1. The predicted octanol–water partition coefficient (Wildman–Crippen LogP) is 3.40. The van der Waals surface area contributed by atoms with Gasteiger partial charge in [0.25, 0.3) is 5.56 Å². The van der Waals surface area contributed by atoms with Crippen molar-refractivity contribution in [3.05, 3.63) is 64.7 Å². The number of carbonyl (C=O) groups is 1. The molecule has 0 amide bonds. The summed E-state index contributed by atoms with van der Waals surface area (Å²) < 4.78 is 5.83. The van der Waals surface area contributed by atoms with Gasteiger partial charge in [0.2, 0.25) is 0 Å². The van der Waals surface area contributed by atoms with Crippen molar-refractivity contribution in [1.29, 1.82) is 0 Å². The van der Waals surface area contributed by atoms with Gasteiger partial charge in [0.1, 0.15) is 11.6 Å². The number of fused-ring (bicyclic) bond motifs is 1. The number of aromatic amines is 2. The van der Waals surface area contributed by atoms with E-state index in [-0.39, 0.29) is 17.5 Å². The van der Waals surface area contributed by atoms with Gasteiger partial charge in [-0.25, -0.2) is 9.97 Å². The number of imidazole rings is 1. The van der Waals surface area contributed by atoms with Crippen LogP contribution in [0.15, 0.2) is 53.6 Å². The van der Waals surface area contributed by atoms with Gasteiger partial charge in [0.05, 0.1) is 18.5 Å². The maximum Gasteiger partial charge on any atom is 0.303 e. The summed E-state index contributed by atoms with van der Waals surface area (Å²) in [5.74, 6) is 0.161. The van der Waals surface area contributed by atoms with Gasteiger partial charge in [-0.15, -0.1) is 0 Å². The van der Waals surface area contributed by atoms with E-state index in [1.165, 1.54) is 6.33 Å². The Bertz CT molecular complexity index is 1280. The average Bonchev–Trinajstić information content (AvgIpc) is 3.22. The number of aryl methyl sites for hydroxylation is 1. The lowest BCUT2D eigenvalue weighted by Crippen LogP contribution is -2.10. The zero-order chi connectivity index (χ0) is 21.1. The van der Waals surface area contributed by atoms with Gasteiger partial charge in [-0.3, -0.25) is 9.59 Å². The van der Waals surface area contributed by atoms with Crippen molar-refractivity contribution < 1.29 is 14.6 Å². The number of carboxylic acids is 1. The molecule has 0 aliphatic rings. The van der Waals surface area contributed by atoms with E-state index in [1.54, 1.807) is 0 Å². The third kappa shape index (κ3) is 3.93. The molecular formula is C22H20N4O4. The minimum absolute atomic E-state index is 0.0850. The van der Waals surface area contributed by atoms with Gasteiger partial charge >= 0.3 is 5.97 Å². The largest absolute Gasteiger partial charge is 0.493 e. The predicted molar refractivity (Wildman–Crippen MR) is 113 cm³/mol. The number of H-pyrrole nitrogens is 2. The second-order valence-corrected chi connectivity index (χ2v) is 6.75. The second kappa shape index (κ2) is 8.20. The minimum atomic E-state index is -0.820. The summed E-state index contributed by atoms with van der Waals surface area (Å²) in [6.07, 6.45) is 1.98. The number of benzene rings is 2. The quantitative estimate of drug-likeness (QED) is 0.434. The van der Waals surface area contributed by atoms with Crippen LogP contribution in [0.25, 0.3) is 33.7 Å². The number of nitrogens with one attached hydrogen (secondary N) is 2. The van der Waals surface area contributed by atoms with Crippen molar-refractivity contribution in [1.82, 2.24) is 19.9 Å². The molecule has 3 N–H and O–H groups in total. The summed E-state index contributed by atoms with van der Waals surface area (Å²) in [6, 6.07) is 13.4. The third-order valence-electron chi connectivity index (χ3n) is 4.71. The molecular weight excluding hydrogens is 384 g/mol. The van der Waals surface area contributed by atoms with Gasteiger partial charge in [0, 0.05) is 6.42 Å². The van der Waals surface area contributed by atoms with Crippen LogP contribution in [0.5, 0.6) is 5.75 Å². The number of aromatic nitrogens is 4. The van der Waals surface area contributed by atoms with Crippen molar-refractivity contribution in [2.24, 2.45) is 0 Å². The fourth-order valence-corrected chi connectivity index (χ4v) is 3.30. The summed E-state index contributed by atoms with van der Waals surface area (Å²) in [6.45, 7) is 2.34.